The molecule has 0 unspecified atom stereocenters. The Morgan fingerprint density at radius 2 is 1.75 bits per heavy atom. The minimum absolute atomic E-state index is 0.0575. The van der Waals surface area contributed by atoms with Crippen molar-refractivity contribution < 1.29 is 4.79 Å². The summed E-state index contributed by atoms with van der Waals surface area (Å²) >= 11 is 6.16. The average Bonchev–Trinajstić information content (AvgIpc) is 2.72. The highest BCUT2D eigenvalue weighted by molar-refractivity contribution is 6.31. The van der Waals surface area contributed by atoms with Crippen molar-refractivity contribution in [2.45, 2.75) is 26.3 Å². The van der Waals surface area contributed by atoms with Gasteiger partial charge in [-0.05, 0) is 66.9 Å². The molecule has 0 aromatic heterocycles. The Bertz CT molecular complexity index is 988. The van der Waals surface area contributed by atoms with Crippen molar-refractivity contribution in [3.05, 3.63) is 76.8 Å². The molecule has 1 saturated heterocycles. The van der Waals surface area contributed by atoms with Gasteiger partial charge in [0.25, 0.3) is 0 Å². The fourth-order valence-corrected chi connectivity index (χ4v) is 4.18. The van der Waals surface area contributed by atoms with E-state index in [4.69, 9.17) is 11.6 Å². The Hall–Kier alpha value is -2.36. The van der Waals surface area contributed by atoms with Gasteiger partial charge < -0.3 is 5.32 Å². The highest BCUT2D eigenvalue weighted by Gasteiger charge is 2.25. The smallest absolute Gasteiger partial charge is 0.227 e. The van der Waals surface area contributed by atoms with Gasteiger partial charge in [0.15, 0.2) is 0 Å². The molecule has 1 heterocycles. The maximum absolute atomic E-state index is 12.7. The lowest BCUT2D eigenvalue weighted by atomic mass is 9.95. The van der Waals surface area contributed by atoms with Crippen LogP contribution in [0.2, 0.25) is 5.02 Å². The second-order valence-electron chi connectivity index (χ2n) is 7.59. The number of hydrogen-bond acceptors (Lipinski definition) is 2. The maximum Gasteiger partial charge on any atom is 0.227 e. The minimum Gasteiger partial charge on any atom is -0.326 e. The second-order valence-corrected chi connectivity index (χ2v) is 8.00. The zero-order valence-electron chi connectivity index (χ0n) is 16.1. The number of carbonyl (C=O) groups is 1. The molecule has 0 spiro atoms. The van der Waals surface area contributed by atoms with Crippen LogP contribution in [0.3, 0.4) is 0 Å². The number of hydrogen-bond donors (Lipinski definition) is 1. The van der Waals surface area contributed by atoms with E-state index in [-0.39, 0.29) is 11.8 Å². The van der Waals surface area contributed by atoms with Gasteiger partial charge in [-0.15, -0.1) is 0 Å². The van der Waals surface area contributed by atoms with Crippen molar-refractivity contribution in [3.8, 4) is 0 Å². The first-order valence-corrected chi connectivity index (χ1v) is 10.2. The van der Waals surface area contributed by atoms with E-state index in [9.17, 15) is 4.79 Å². The lowest BCUT2D eigenvalue weighted by Crippen LogP contribution is -2.37. The highest BCUT2D eigenvalue weighted by atomic mass is 35.5. The summed E-state index contributed by atoms with van der Waals surface area (Å²) < 4.78 is 0. The third kappa shape index (κ3) is 4.06. The van der Waals surface area contributed by atoms with Crippen LogP contribution in [-0.2, 0) is 11.3 Å². The first-order chi connectivity index (χ1) is 13.6. The predicted octanol–water partition coefficient (Wildman–Crippen LogP) is 5.65. The Balaban J connectivity index is 1.36. The largest absolute Gasteiger partial charge is 0.326 e. The normalized spacial score (nSPS) is 15.6. The number of fused-ring (bicyclic) bond motifs is 1. The number of rotatable bonds is 4. The molecule has 4 heteroatoms. The van der Waals surface area contributed by atoms with Crippen LogP contribution in [0.5, 0.6) is 0 Å². The van der Waals surface area contributed by atoms with E-state index in [2.05, 4.69) is 52.7 Å². The molecule has 0 aliphatic carbocycles. The van der Waals surface area contributed by atoms with Gasteiger partial charge in [0, 0.05) is 23.2 Å². The summed E-state index contributed by atoms with van der Waals surface area (Å²) in [6, 6.07) is 20.7. The van der Waals surface area contributed by atoms with Gasteiger partial charge in [0.1, 0.15) is 0 Å². The van der Waals surface area contributed by atoms with Gasteiger partial charge in [-0.3, -0.25) is 9.69 Å². The Morgan fingerprint density at radius 1 is 1.04 bits per heavy atom. The molecular formula is C24H25ClN2O. The molecule has 0 saturated carbocycles. The zero-order valence-corrected chi connectivity index (χ0v) is 16.9. The van der Waals surface area contributed by atoms with Gasteiger partial charge in [0.05, 0.1) is 0 Å². The fourth-order valence-electron chi connectivity index (χ4n) is 4.00. The van der Waals surface area contributed by atoms with Crippen LogP contribution in [0.4, 0.5) is 5.69 Å². The van der Waals surface area contributed by atoms with E-state index in [1.807, 2.05) is 25.1 Å². The van der Waals surface area contributed by atoms with Crippen molar-refractivity contribution in [2.24, 2.45) is 5.92 Å². The van der Waals surface area contributed by atoms with E-state index >= 15 is 0 Å². The predicted molar refractivity (Wildman–Crippen MR) is 117 cm³/mol. The summed E-state index contributed by atoms with van der Waals surface area (Å²) in [5, 5.41) is 6.35. The average molecular weight is 393 g/mol. The monoisotopic (exact) mass is 392 g/mol. The first-order valence-electron chi connectivity index (χ1n) is 9.87. The fraction of sp³-hybridized carbons (Fsp3) is 0.292. The first kappa shape index (κ1) is 19.0. The number of amides is 1. The highest BCUT2D eigenvalue weighted by Crippen LogP contribution is 2.26. The molecule has 28 heavy (non-hydrogen) atoms. The van der Waals surface area contributed by atoms with E-state index in [1.165, 1.54) is 16.3 Å². The van der Waals surface area contributed by atoms with Crippen LogP contribution < -0.4 is 5.32 Å². The molecule has 144 valence electrons. The summed E-state index contributed by atoms with van der Waals surface area (Å²) in [5.41, 5.74) is 3.09. The van der Waals surface area contributed by atoms with Crippen molar-refractivity contribution in [2.75, 3.05) is 18.4 Å². The summed E-state index contributed by atoms with van der Waals surface area (Å²) in [4.78, 5) is 15.2. The van der Waals surface area contributed by atoms with E-state index in [0.29, 0.717) is 5.02 Å². The maximum atomic E-state index is 12.7. The molecule has 1 amide bonds. The Morgan fingerprint density at radius 3 is 2.57 bits per heavy atom. The van der Waals surface area contributed by atoms with Crippen LogP contribution in [0, 0.1) is 12.8 Å². The molecule has 3 aromatic rings. The summed E-state index contributed by atoms with van der Waals surface area (Å²) in [5.74, 6) is 0.164. The van der Waals surface area contributed by atoms with Crippen molar-refractivity contribution in [1.82, 2.24) is 4.90 Å². The van der Waals surface area contributed by atoms with Crippen molar-refractivity contribution in [1.29, 1.82) is 0 Å². The topological polar surface area (TPSA) is 32.3 Å². The molecule has 1 fully saturated rings. The van der Waals surface area contributed by atoms with Crippen molar-refractivity contribution in [3.63, 3.8) is 0 Å². The van der Waals surface area contributed by atoms with Crippen LogP contribution in [0.25, 0.3) is 10.8 Å². The van der Waals surface area contributed by atoms with Crippen LogP contribution >= 0.6 is 11.6 Å². The number of likely N-dealkylation sites (tertiary alicyclic amines) is 1. The third-order valence-corrected chi connectivity index (χ3v) is 6.17. The minimum atomic E-state index is 0.0575. The van der Waals surface area contributed by atoms with E-state index in [0.717, 1.165) is 43.7 Å². The quantitative estimate of drug-likeness (QED) is 0.622. The molecule has 0 radical (unpaired) electrons. The van der Waals surface area contributed by atoms with Gasteiger partial charge in [-0.2, -0.15) is 0 Å². The zero-order chi connectivity index (χ0) is 19.5. The lowest BCUT2D eigenvalue weighted by molar-refractivity contribution is -0.121. The SMILES string of the molecule is Cc1c(Cl)cccc1NC(=O)C1CCN(Cc2cccc3ccccc23)CC1. The summed E-state index contributed by atoms with van der Waals surface area (Å²) in [7, 11) is 0. The Kier molecular flexibility index (Phi) is 5.65. The number of anilines is 1. The number of benzene rings is 3. The van der Waals surface area contributed by atoms with Crippen LogP contribution in [0.15, 0.2) is 60.7 Å². The molecule has 1 aliphatic rings. The van der Waals surface area contributed by atoms with Crippen LogP contribution in [0.1, 0.15) is 24.0 Å². The van der Waals surface area contributed by atoms with Gasteiger partial charge in [-0.25, -0.2) is 0 Å². The van der Waals surface area contributed by atoms with Crippen LogP contribution in [-0.4, -0.2) is 23.9 Å². The molecular weight excluding hydrogens is 368 g/mol. The third-order valence-electron chi connectivity index (χ3n) is 5.76. The number of nitrogens with one attached hydrogen (secondary N) is 1. The second kappa shape index (κ2) is 8.34. The number of piperidine rings is 1. The van der Waals surface area contributed by atoms with Gasteiger partial charge in [-0.1, -0.05) is 60.1 Å². The van der Waals surface area contributed by atoms with Crippen molar-refractivity contribution >= 4 is 34.0 Å². The number of halogens is 1. The number of carbonyl (C=O) groups excluding carboxylic acids is 1. The molecule has 1 N–H and O–H groups in total. The summed E-state index contributed by atoms with van der Waals surface area (Å²) in [6.45, 7) is 4.75. The molecule has 4 rings (SSSR count). The number of nitrogens with zero attached hydrogens (tertiary/aromatic N) is 1. The molecule has 0 atom stereocenters. The van der Waals surface area contributed by atoms with Gasteiger partial charge in [0.2, 0.25) is 5.91 Å². The molecule has 1 aliphatic heterocycles. The molecule has 3 aromatic carbocycles. The molecule has 0 bridgehead atoms. The lowest BCUT2D eigenvalue weighted by Gasteiger charge is -2.31. The standard InChI is InChI=1S/C24H25ClN2O/c1-17-22(25)10-5-11-23(17)26-24(28)19-12-14-27(15-13-19)16-20-8-4-7-18-6-2-3-9-21(18)20/h2-11,19H,12-16H2,1H3,(H,26,28). The van der Waals surface area contributed by atoms with Gasteiger partial charge >= 0.3 is 0 Å². The van der Waals surface area contributed by atoms with E-state index in [1.54, 1.807) is 0 Å². The molecule has 3 nitrogen and oxygen atoms in total. The Labute approximate surface area is 171 Å². The summed E-state index contributed by atoms with van der Waals surface area (Å²) in [6.07, 6.45) is 1.77. The van der Waals surface area contributed by atoms with E-state index < -0.39 is 0 Å².